The summed E-state index contributed by atoms with van der Waals surface area (Å²) in [6.07, 6.45) is 0. The van der Waals surface area contributed by atoms with E-state index in [9.17, 15) is 30.3 Å². The van der Waals surface area contributed by atoms with E-state index in [2.05, 4.69) is 30.8 Å². The Balaban J connectivity index is 2.10. The smallest absolute Gasteiger partial charge is 0.390 e. The molecule has 0 unspecified atom stereocenters. The Morgan fingerprint density at radius 2 is 1.27 bits per heavy atom. The Labute approximate surface area is 117 Å². The Bertz CT molecular complexity index is 665. The summed E-state index contributed by atoms with van der Waals surface area (Å²) >= 11 is 0. The molecule has 0 aliphatic heterocycles. The van der Waals surface area contributed by atoms with E-state index in [4.69, 9.17) is 0 Å². The van der Waals surface area contributed by atoms with Crippen molar-refractivity contribution < 1.29 is 14.9 Å². The molecule has 2 aromatic rings. The van der Waals surface area contributed by atoms with E-state index < -0.39 is 40.1 Å². The first-order valence-corrected chi connectivity index (χ1v) is 5.10. The fraction of sp³-hybridized carbons (Fsp3) is 0.500. The zero-order valence-corrected chi connectivity index (χ0v) is 10.2. The Kier molecular flexibility index (Phi) is 3.73. The molecule has 22 heavy (non-hydrogen) atoms. The second-order valence-corrected chi connectivity index (χ2v) is 3.46. The van der Waals surface area contributed by atoms with Gasteiger partial charge in [-0.1, -0.05) is 14.6 Å². The molecule has 0 radical (unpaired) electrons. The summed E-state index contributed by atoms with van der Waals surface area (Å²) < 4.78 is 0. The number of nitro groups is 3. The molecule has 0 aromatic carbocycles. The number of hydrogen-bond donors (Lipinski definition) is 0. The molecule has 0 aliphatic rings. The van der Waals surface area contributed by atoms with Crippen molar-refractivity contribution in [3.63, 3.8) is 0 Å². The van der Waals surface area contributed by atoms with Crippen LogP contribution in [0.15, 0.2) is 0 Å². The highest BCUT2D eigenvalue weighted by atomic mass is 16.7. The molecular formula is C4H4N12O6. The Morgan fingerprint density at radius 1 is 0.864 bits per heavy atom. The number of hydrogen-bond acceptors (Lipinski definition) is 12. The van der Waals surface area contributed by atoms with E-state index >= 15 is 0 Å². The molecule has 0 atom stereocenters. The summed E-state index contributed by atoms with van der Waals surface area (Å²) in [7, 11) is 0. The summed E-state index contributed by atoms with van der Waals surface area (Å²) in [6, 6.07) is 0. The van der Waals surface area contributed by atoms with Gasteiger partial charge in [0.1, 0.15) is 0 Å². The molecule has 0 N–H and O–H groups in total. The molecule has 116 valence electrons. The second-order valence-electron chi connectivity index (χ2n) is 3.46. The first-order chi connectivity index (χ1) is 10.4. The van der Waals surface area contributed by atoms with Gasteiger partial charge in [-0.25, -0.2) is 10.1 Å². The van der Waals surface area contributed by atoms with Crippen molar-refractivity contribution in [1.29, 1.82) is 0 Å². The van der Waals surface area contributed by atoms with Gasteiger partial charge in [-0.15, -0.1) is 0 Å². The topological polar surface area (TPSA) is 220 Å². The van der Waals surface area contributed by atoms with E-state index in [0.29, 0.717) is 14.6 Å². The van der Waals surface area contributed by atoms with E-state index in [1.165, 1.54) is 0 Å². The largest absolute Gasteiger partial charge is 0.514 e. The minimum absolute atomic E-state index is 0.427. The third-order valence-corrected chi connectivity index (χ3v) is 2.02. The number of nitrogens with zero attached hydrogens (tertiary/aromatic N) is 12. The van der Waals surface area contributed by atoms with Crippen molar-refractivity contribution in [3.8, 4) is 0 Å². The molecule has 18 nitrogen and oxygen atoms in total. The lowest BCUT2D eigenvalue weighted by Crippen LogP contribution is -2.35. The number of aromatic nitrogens is 8. The number of rotatable bonds is 7. The van der Waals surface area contributed by atoms with Crippen LogP contribution < -0.4 is 0 Å². The fourth-order valence-electron chi connectivity index (χ4n) is 1.18. The normalized spacial score (nSPS) is 10.4. The van der Waals surface area contributed by atoms with Crippen LogP contribution in [0, 0.1) is 30.3 Å². The predicted molar refractivity (Wildman–Crippen MR) is 57.8 cm³/mol. The monoisotopic (exact) mass is 316 g/mol. The lowest BCUT2D eigenvalue weighted by molar-refractivity contribution is -0.672. The predicted octanol–water partition coefficient (Wildman–Crippen LogP) is -2.42. The van der Waals surface area contributed by atoms with Crippen LogP contribution in [0.4, 0.5) is 11.9 Å². The average Bonchev–Trinajstić information content (AvgIpc) is 3.06. The van der Waals surface area contributed by atoms with E-state index in [-0.39, 0.29) is 0 Å². The Hall–Kier alpha value is -3.86. The Morgan fingerprint density at radius 3 is 1.55 bits per heavy atom. The lowest BCUT2D eigenvalue weighted by Gasteiger charge is -2.08. The standard InChI is InChI=1S/C4H4N12O6/c17-14(18)3-5-9-12(7-3)1-11(16(21)22)2-13-8-4(6-10-13)15(19)20/h1-2H2. The van der Waals surface area contributed by atoms with Gasteiger partial charge in [0.2, 0.25) is 13.3 Å². The van der Waals surface area contributed by atoms with Crippen LogP contribution in [0.2, 0.25) is 0 Å². The van der Waals surface area contributed by atoms with E-state index in [0.717, 1.165) is 0 Å². The molecule has 18 heteroatoms. The van der Waals surface area contributed by atoms with E-state index in [1.54, 1.807) is 0 Å². The van der Waals surface area contributed by atoms with Gasteiger partial charge >= 0.3 is 11.9 Å². The highest BCUT2D eigenvalue weighted by Crippen LogP contribution is 2.02. The molecular weight excluding hydrogens is 312 g/mol. The maximum absolute atomic E-state index is 10.9. The van der Waals surface area contributed by atoms with Crippen LogP contribution in [0.25, 0.3) is 0 Å². The third-order valence-electron chi connectivity index (χ3n) is 2.02. The maximum atomic E-state index is 10.9. The third kappa shape index (κ3) is 3.17. The maximum Gasteiger partial charge on any atom is 0.514 e. The average molecular weight is 316 g/mol. The van der Waals surface area contributed by atoms with Gasteiger partial charge in [0.15, 0.2) is 5.03 Å². The van der Waals surface area contributed by atoms with Gasteiger partial charge in [-0.05, 0) is 9.85 Å². The lowest BCUT2D eigenvalue weighted by atomic mass is 10.9. The van der Waals surface area contributed by atoms with Crippen LogP contribution in [-0.4, -0.2) is 60.3 Å². The van der Waals surface area contributed by atoms with Crippen LogP contribution in [-0.2, 0) is 13.3 Å². The van der Waals surface area contributed by atoms with Gasteiger partial charge in [0, 0.05) is 10.4 Å². The molecule has 2 aromatic heterocycles. The first kappa shape index (κ1) is 14.5. The summed E-state index contributed by atoms with van der Waals surface area (Å²) in [5.74, 6) is -1.67. The van der Waals surface area contributed by atoms with Gasteiger partial charge in [-0.2, -0.15) is 0 Å². The van der Waals surface area contributed by atoms with Gasteiger partial charge in [-0.3, -0.25) is 0 Å². The van der Waals surface area contributed by atoms with Crippen molar-refractivity contribution in [2.45, 2.75) is 13.3 Å². The van der Waals surface area contributed by atoms with Gasteiger partial charge in [0.25, 0.3) is 0 Å². The molecule has 0 bridgehead atoms. The summed E-state index contributed by atoms with van der Waals surface area (Å²) in [4.78, 5) is 30.9. The number of hydrazine groups is 1. The molecule has 0 saturated heterocycles. The highest BCUT2D eigenvalue weighted by molar-refractivity contribution is 4.93. The second kappa shape index (κ2) is 5.64. The summed E-state index contributed by atoms with van der Waals surface area (Å²) in [6.45, 7) is -1.27. The van der Waals surface area contributed by atoms with Crippen molar-refractivity contribution in [1.82, 2.24) is 45.4 Å². The summed E-state index contributed by atoms with van der Waals surface area (Å²) in [5.41, 5.74) is 0. The first-order valence-electron chi connectivity index (χ1n) is 5.10. The zero-order chi connectivity index (χ0) is 16.3. The van der Waals surface area contributed by atoms with Crippen LogP contribution in [0.5, 0.6) is 0 Å². The fourth-order valence-corrected chi connectivity index (χ4v) is 1.18. The molecule has 2 rings (SSSR count). The van der Waals surface area contributed by atoms with Crippen LogP contribution in [0.1, 0.15) is 0 Å². The molecule has 0 spiro atoms. The van der Waals surface area contributed by atoms with Crippen LogP contribution >= 0.6 is 0 Å². The van der Waals surface area contributed by atoms with Crippen molar-refractivity contribution in [2.75, 3.05) is 0 Å². The zero-order valence-electron chi connectivity index (χ0n) is 10.2. The van der Waals surface area contributed by atoms with Crippen LogP contribution in [0.3, 0.4) is 0 Å². The molecule has 0 aliphatic carbocycles. The SMILES string of the molecule is O=[N+]([O-])c1nnn(CN(Cn2nnc([N+](=O)[O-])n2)[N+](=O)[O-])n1. The minimum atomic E-state index is -0.928. The summed E-state index contributed by atoms with van der Waals surface area (Å²) in [5, 5.41) is 50.3. The van der Waals surface area contributed by atoms with Gasteiger partial charge in [0.05, 0.1) is 20.4 Å². The number of tetrazole rings is 2. The highest BCUT2D eigenvalue weighted by Gasteiger charge is 2.25. The van der Waals surface area contributed by atoms with Crippen molar-refractivity contribution in [3.05, 3.63) is 30.3 Å². The molecule has 0 fully saturated rings. The van der Waals surface area contributed by atoms with Crippen molar-refractivity contribution >= 4 is 11.9 Å². The van der Waals surface area contributed by atoms with E-state index in [1.807, 2.05) is 0 Å². The molecule has 0 saturated carbocycles. The quantitative estimate of drug-likeness (QED) is 0.383. The minimum Gasteiger partial charge on any atom is -0.390 e. The van der Waals surface area contributed by atoms with Crippen molar-refractivity contribution in [2.24, 2.45) is 0 Å². The molecule has 2 heterocycles. The molecule has 0 amide bonds. The van der Waals surface area contributed by atoms with Gasteiger partial charge < -0.3 is 20.2 Å².